The summed E-state index contributed by atoms with van der Waals surface area (Å²) in [5, 5.41) is 11.7. The summed E-state index contributed by atoms with van der Waals surface area (Å²) < 4.78 is 70.1. The Bertz CT molecular complexity index is 2080. The van der Waals surface area contributed by atoms with Gasteiger partial charge in [-0.3, -0.25) is 5.04 Å². The minimum absolute atomic E-state index is 0. The van der Waals surface area contributed by atoms with Crippen LogP contribution in [-0.2, 0) is 42.6 Å². The zero-order chi connectivity index (χ0) is 38.9. The van der Waals surface area contributed by atoms with Crippen LogP contribution in [-0.4, -0.2) is 68.9 Å². The molecule has 1 aliphatic carbocycles. The van der Waals surface area contributed by atoms with Crippen LogP contribution in [0.3, 0.4) is 0 Å². The fourth-order valence-corrected chi connectivity index (χ4v) is 6.12. The third-order valence-corrected chi connectivity index (χ3v) is 8.90. The third-order valence-electron chi connectivity index (χ3n) is 7.82. The molecule has 0 saturated heterocycles. The van der Waals surface area contributed by atoms with Gasteiger partial charge in [0.2, 0.25) is 0 Å². The Morgan fingerprint density at radius 2 is 1.27 bits per heavy atom. The van der Waals surface area contributed by atoms with Crippen molar-refractivity contribution in [1.29, 1.82) is 0 Å². The summed E-state index contributed by atoms with van der Waals surface area (Å²) in [6, 6.07) is 35.3. The smallest absolute Gasteiger partial charge is 0.748 e. The standard InChI is InChI=1S/C37H36N2O3S.2CH4O3S.2Na/c1-3-39(28-30-14-8-5-9-15-30)34-24-20-32(21-25-34)37(35-16-10-11-17-36(35)43(40,41)42)31-18-22-33(23-19-31)38(2)27-26-29-12-6-4-7-13-29;1-5(2,3)4;1-5-4-3-2;;/h4-25H,3,26-28H2,1-2H3;1H3,(H,2,3,4);2H,1H3;;/q;;;2*+1/p-2. The molecule has 55 heavy (non-hydrogen) atoms. The van der Waals surface area contributed by atoms with Gasteiger partial charge in [-0.25, -0.2) is 21.4 Å². The van der Waals surface area contributed by atoms with Crippen molar-refractivity contribution in [3.8, 4) is 0 Å². The molecular weight excluding hydrogens is 783 g/mol. The second-order valence-electron chi connectivity index (χ2n) is 11.6. The zero-order valence-electron chi connectivity index (χ0n) is 31.8. The Hall–Kier alpha value is -2.38. The molecule has 0 saturated carbocycles. The van der Waals surface area contributed by atoms with E-state index in [1.54, 1.807) is 24.5 Å². The van der Waals surface area contributed by atoms with Gasteiger partial charge in [0, 0.05) is 67.5 Å². The van der Waals surface area contributed by atoms with Gasteiger partial charge in [0.1, 0.15) is 23.7 Å². The summed E-state index contributed by atoms with van der Waals surface area (Å²) in [5.41, 5.74) is 7.39. The SMILES string of the molecule is CCN(Cc1ccccc1)c1ccc(C(=C2C=CC(=[N+](C)CCc3ccccc3)C=C2)c2ccccc2S(=O)(=O)[O-])cc1.CS(=O)(=O)[O-].CSOO[O-].[Na+].[Na+]. The molecule has 282 valence electrons. The Morgan fingerprint density at radius 1 is 0.764 bits per heavy atom. The summed E-state index contributed by atoms with van der Waals surface area (Å²) in [7, 11) is -6.55. The summed E-state index contributed by atoms with van der Waals surface area (Å²) in [5.74, 6) is 0. The van der Waals surface area contributed by atoms with Crippen LogP contribution >= 0.6 is 12.0 Å². The van der Waals surface area contributed by atoms with Crippen LogP contribution in [0, 0.1) is 0 Å². The van der Waals surface area contributed by atoms with E-state index in [0.29, 0.717) is 17.4 Å². The van der Waals surface area contributed by atoms with Gasteiger partial charge in [-0.15, -0.1) is 0 Å². The molecule has 5 rings (SSSR count). The summed E-state index contributed by atoms with van der Waals surface area (Å²) in [6.45, 7) is 4.60. The molecule has 1 aliphatic rings. The maximum absolute atomic E-state index is 12.3. The van der Waals surface area contributed by atoms with Gasteiger partial charge in [0.05, 0.1) is 15.0 Å². The van der Waals surface area contributed by atoms with Gasteiger partial charge in [-0.1, -0.05) is 91.0 Å². The van der Waals surface area contributed by atoms with E-state index < -0.39 is 20.2 Å². The van der Waals surface area contributed by atoms with Crippen LogP contribution in [0.4, 0.5) is 5.69 Å². The molecule has 4 aromatic rings. The molecule has 0 radical (unpaired) electrons. The normalized spacial score (nSPS) is 11.8. The van der Waals surface area contributed by atoms with Gasteiger partial charge in [-0.2, -0.15) is 4.33 Å². The van der Waals surface area contributed by atoms with E-state index in [9.17, 15) is 13.0 Å². The fraction of sp³-hybridized carbons (Fsp3) is 0.205. The number of hydrogen-bond acceptors (Lipinski definition) is 11. The molecule has 0 spiro atoms. The molecular formula is C39H42N2Na2O9S3. The minimum Gasteiger partial charge on any atom is -0.748 e. The predicted molar refractivity (Wildman–Crippen MR) is 206 cm³/mol. The number of nitrogens with zero attached hydrogens (tertiary/aromatic N) is 2. The molecule has 0 atom stereocenters. The molecule has 0 heterocycles. The minimum atomic E-state index is -4.70. The average Bonchev–Trinajstić information content (AvgIpc) is 3.14. The summed E-state index contributed by atoms with van der Waals surface area (Å²) in [6.07, 6.45) is 11.2. The summed E-state index contributed by atoms with van der Waals surface area (Å²) >= 11 is 0.867. The second-order valence-corrected chi connectivity index (χ2v) is 14.8. The molecule has 0 aromatic heterocycles. The van der Waals surface area contributed by atoms with Gasteiger partial charge in [-0.05, 0) is 65.1 Å². The second kappa shape index (κ2) is 25.8. The first-order valence-corrected chi connectivity index (χ1v) is 20.7. The van der Waals surface area contributed by atoms with Crippen LogP contribution in [0.5, 0.6) is 0 Å². The molecule has 16 heteroatoms. The van der Waals surface area contributed by atoms with E-state index in [4.69, 9.17) is 18.2 Å². The first-order chi connectivity index (χ1) is 25.2. The maximum Gasteiger partial charge on any atom is 1.00 e. The molecule has 0 amide bonds. The molecule has 0 unspecified atom stereocenters. The van der Waals surface area contributed by atoms with E-state index in [1.807, 2.05) is 60.7 Å². The molecule has 0 N–H and O–H groups in total. The van der Waals surface area contributed by atoms with Crippen molar-refractivity contribution >= 4 is 49.3 Å². The molecule has 0 fully saturated rings. The Morgan fingerprint density at radius 3 is 1.75 bits per heavy atom. The Balaban J connectivity index is 0.00000112. The predicted octanol–water partition coefficient (Wildman–Crippen LogP) is -0.472. The largest absolute Gasteiger partial charge is 1.00 e. The number of rotatable bonds is 12. The molecule has 0 aliphatic heterocycles. The first kappa shape index (κ1) is 50.6. The molecule has 4 aromatic carbocycles. The van der Waals surface area contributed by atoms with Gasteiger partial charge in [0.15, 0.2) is 5.71 Å². The van der Waals surface area contributed by atoms with Crippen molar-refractivity contribution in [2.24, 2.45) is 0 Å². The van der Waals surface area contributed by atoms with Crippen LogP contribution in [0.25, 0.3) is 5.57 Å². The average molecular weight is 825 g/mol. The fourth-order valence-electron chi connectivity index (χ4n) is 5.38. The van der Waals surface area contributed by atoms with Crippen molar-refractivity contribution in [3.63, 3.8) is 0 Å². The van der Waals surface area contributed by atoms with Crippen molar-refractivity contribution in [2.45, 2.75) is 24.8 Å². The summed E-state index contributed by atoms with van der Waals surface area (Å²) in [4.78, 5) is 2.06. The van der Waals surface area contributed by atoms with Crippen molar-refractivity contribution < 1.29 is 104 Å². The third kappa shape index (κ3) is 18.2. The Kier molecular flexibility index (Phi) is 23.7. The van der Waals surface area contributed by atoms with Crippen molar-refractivity contribution in [3.05, 3.63) is 161 Å². The molecule has 0 bridgehead atoms. The number of anilines is 1. The number of hydrogen-bond donors (Lipinski definition) is 0. The van der Waals surface area contributed by atoms with Crippen molar-refractivity contribution in [1.82, 2.24) is 0 Å². The Labute approximate surface area is 373 Å². The van der Waals surface area contributed by atoms with E-state index in [1.165, 1.54) is 17.2 Å². The first-order valence-electron chi connectivity index (χ1n) is 16.3. The molecule has 11 nitrogen and oxygen atoms in total. The van der Waals surface area contributed by atoms with Gasteiger partial charge in [0.25, 0.3) is 0 Å². The van der Waals surface area contributed by atoms with Crippen molar-refractivity contribution in [2.75, 3.05) is 37.5 Å². The van der Waals surface area contributed by atoms with E-state index in [2.05, 4.69) is 81.3 Å². The number of allylic oxidation sites excluding steroid dienone is 5. The monoisotopic (exact) mass is 824 g/mol. The zero-order valence-corrected chi connectivity index (χ0v) is 38.3. The van der Waals surface area contributed by atoms with Crippen LogP contribution in [0.2, 0.25) is 0 Å². The van der Waals surface area contributed by atoms with Gasteiger partial charge >= 0.3 is 59.1 Å². The van der Waals surface area contributed by atoms with E-state index in [-0.39, 0.29) is 64.0 Å². The number of benzene rings is 4. The topological polar surface area (TPSA) is 162 Å². The maximum atomic E-state index is 12.3. The van der Waals surface area contributed by atoms with Gasteiger partial charge < -0.3 is 19.3 Å². The van der Waals surface area contributed by atoms with E-state index >= 15 is 0 Å². The quantitative estimate of drug-likeness (QED) is 0.0454. The number of likely N-dealkylation sites (N-methyl/N-ethyl adjacent to an activating group) is 1. The van der Waals surface area contributed by atoms with Crippen LogP contribution < -0.4 is 69.3 Å². The van der Waals surface area contributed by atoms with Crippen LogP contribution in [0.15, 0.2) is 144 Å². The van der Waals surface area contributed by atoms with E-state index in [0.717, 1.165) is 60.6 Å². The van der Waals surface area contributed by atoms with Crippen LogP contribution in [0.1, 0.15) is 29.2 Å².